The summed E-state index contributed by atoms with van der Waals surface area (Å²) in [7, 11) is 0. The van der Waals surface area contributed by atoms with Crippen molar-refractivity contribution in [2.75, 3.05) is 19.0 Å². The zero-order valence-electron chi connectivity index (χ0n) is 14.1. The number of thioether (sulfide) groups is 1. The predicted octanol–water partition coefficient (Wildman–Crippen LogP) is 2.72. The van der Waals surface area contributed by atoms with E-state index < -0.39 is 0 Å². The molecular formula is C18H16N4O3S. The van der Waals surface area contributed by atoms with Gasteiger partial charge in [0.05, 0.1) is 11.4 Å². The van der Waals surface area contributed by atoms with Crippen molar-refractivity contribution < 1.29 is 14.3 Å². The second kappa shape index (κ2) is 7.17. The molecule has 0 atom stereocenters. The monoisotopic (exact) mass is 368 g/mol. The number of tetrazole rings is 1. The lowest BCUT2D eigenvalue weighted by Crippen LogP contribution is -2.16. The number of fused-ring (bicyclic) bond motifs is 1. The molecule has 0 bridgehead atoms. The molecule has 2 aromatic carbocycles. The van der Waals surface area contributed by atoms with E-state index in [2.05, 4.69) is 15.5 Å². The second-order valence-corrected chi connectivity index (χ2v) is 6.67. The number of nitrogens with zero attached hydrogens (tertiary/aromatic N) is 4. The Bertz CT molecular complexity index is 957. The summed E-state index contributed by atoms with van der Waals surface area (Å²) < 4.78 is 12.7. The molecule has 0 saturated heterocycles. The average molecular weight is 368 g/mol. The molecule has 0 radical (unpaired) electrons. The molecule has 132 valence electrons. The first-order chi connectivity index (χ1) is 12.7. The lowest BCUT2D eigenvalue weighted by Gasteiger charge is -2.18. The number of hydrogen-bond donors (Lipinski definition) is 0. The third kappa shape index (κ3) is 3.28. The van der Waals surface area contributed by atoms with E-state index in [4.69, 9.17) is 9.47 Å². The fraction of sp³-hybridized carbons (Fsp3) is 0.222. The van der Waals surface area contributed by atoms with Crippen LogP contribution in [0.1, 0.15) is 15.9 Å². The minimum Gasteiger partial charge on any atom is -0.486 e. The van der Waals surface area contributed by atoms with Gasteiger partial charge in [0.2, 0.25) is 5.16 Å². The summed E-state index contributed by atoms with van der Waals surface area (Å²) in [6, 6.07) is 13.1. The number of carbonyl (C=O) groups is 1. The lowest BCUT2D eigenvalue weighted by atomic mass is 10.1. The van der Waals surface area contributed by atoms with E-state index in [0.29, 0.717) is 35.4 Å². The lowest BCUT2D eigenvalue weighted by molar-refractivity contribution is 0.102. The minimum atomic E-state index is -0.0219. The first-order valence-electron chi connectivity index (χ1n) is 8.12. The Morgan fingerprint density at radius 3 is 2.81 bits per heavy atom. The van der Waals surface area contributed by atoms with Crippen molar-refractivity contribution in [3.8, 4) is 17.2 Å². The average Bonchev–Trinajstić information content (AvgIpc) is 3.14. The molecule has 1 aromatic heterocycles. The number of Topliss-reactive ketones (excluding diaryl/α,β-unsaturated/α-hetero) is 1. The first-order valence-corrected chi connectivity index (χ1v) is 9.11. The number of aromatic nitrogens is 4. The highest BCUT2D eigenvalue weighted by Crippen LogP contribution is 2.31. The molecular weight excluding hydrogens is 352 g/mol. The zero-order valence-corrected chi connectivity index (χ0v) is 14.9. The van der Waals surface area contributed by atoms with Gasteiger partial charge in [-0.25, -0.2) is 0 Å². The summed E-state index contributed by atoms with van der Waals surface area (Å²) in [5, 5.41) is 12.4. The van der Waals surface area contributed by atoms with E-state index in [1.54, 1.807) is 22.9 Å². The van der Waals surface area contributed by atoms with E-state index >= 15 is 0 Å². The van der Waals surface area contributed by atoms with Gasteiger partial charge in [0.15, 0.2) is 17.3 Å². The largest absolute Gasteiger partial charge is 0.486 e. The maximum Gasteiger partial charge on any atom is 0.214 e. The molecule has 0 unspecified atom stereocenters. The molecule has 0 aliphatic carbocycles. The number of carbonyl (C=O) groups excluding carboxylic acids is 1. The van der Waals surface area contributed by atoms with Crippen LogP contribution < -0.4 is 9.47 Å². The number of ketones is 1. The maximum atomic E-state index is 12.5. The standard InChI is InChI=1S/C18H16N4O3S/c1-12-4-2-3-5-14(12)22-18(19-20-21-22)26-11-15(23)13-6-7-16-17(10-13)25-9-8-24-16/h2-7,10H,8-9,11H2,1H3. The van der Waals surface area contributed by atoms with Crippen LogP contribution >= 0.6 is 11.8 Å². The third-order valence-corrected chi connectivity index (χ3v) is 4.90. The first kappa shape index (κ1) is 16.6. The van der Waals surface area contributed by atoms with Gasteiger partial charge in [0.1, 0.15) is 13.2 Å². The Morgan fingerprint density at radius 1 is 1.15 bits per heavy atom. The smallest absolute Gasteiger partial charge is 0.214 e. The molecule has 0 amide bonds. The molecule has 2 heterocycles. The highest BCUT2D eigenvalue weighted by atomic mass is 32.2. The molecule has 1 aliphatic heterocycles. The molecule has 7 nitrogen and oxygen atoms in total. The number of para-hydroxylation sites is 1. The second-order valence-electron chi connectivity index (χ2n) is 5.73. The van der Waals surface area contributed by atoms with Crippen molar-refractivity contribution >= 4 is 17.5 Å². The fourth-order valence-electron chi connectivity index (χ4n) is 2.65. The molecule has 26 heavy (non-hydrogen) atoms. The Kier molecular flexibility index (Phi) is 4.57. The third-order valence-electron chi connectivity index (χ3n) is 3.98. The summed E-state index contributed by atoms with van der Waals surface area (Å²) in [4.78, 5) is 12.5. The van der Waals surface area contributed by atoms with Crippen molar-refractivity contribution in [1.29, 1.82) is 0 Å². The van der Waals surface area contributed by atoms with Crippen molar-refractivity contribution in [3.05, 3.63) is 53.6 Å². The van der Waals surface area contributed by atoms with Crippen molar-refractivity contribution in [3.63, 3.8) is 0 Å². The van der Waals surface area contributed by atoms with Gasteiger partial charge in [-0.2, -0.15) is 4.68 Å². The van der Waals surface area contributed by atoms with Crippen molar-refractivity contribution in [1.82, 2.24) is 20.2 Å². The van der Waals surface area contributed by atoms with E-state index in [0.717, 1.165) is 11.3 Å². The SMILES string of the molecule is Cc1ccccc1-n1nnnc1SCC(=O)c1ccc2c(c1)OCCO2. The fourth-order valence-corrected chi connectivity index (χ4v) is 3.43. The predicted molar refractivity (Wildman–Crippen MR) is 96.4 cm³/mol. The Labute approximate surface area is 154 Å². The van der Waals surface area contributed by atoms with Crippen molar-refractivity contribution in [2.45, 2.75) is 12.1 Å². The van der Waals surface area contributed by atoms with Crippen LogP contribution in [-0.4, -0.2) is 45.0 Å². The zero-order chi connectivity index (χ0) is 17.9. The topological polar surface area (TPSA) is 79.1 Å². The van der Waals surface area contributed by atoms with Gasteiger partial charge in [-0.05, 0) is 47.2 Å². The van der Waals surface area contributed by atoms with E-state index in [1.165, 1.54) is 11.8 Å². The van der Waals surface area contributed by atoms with Crippen LogP contribution in [0.15, 0.2) is 47.6 Å². The van der Waals surface area contributed by atoms with Crippen LogP contribution in [0.3, 0.4) is 0 Å². The molecule has 3 aromatic rings. The number of rotatable bonds is 5. The minimum absolute atomic E-state index is 0.0219. The Morgan fingerprint density at radius 2 is 1.96 bits per heavy atom. The van der Waals surface area contributed by atoms with Gasteiger partial charge in [0.25, 0.3) is 0 Å². The molecule has 0 spiro atoms. The quantitative estimate of drug-likeness (QED) is 0.506. The van der Waals surface area contributed by atoms with Gasteiger partial charge in [-0.1, -0.05) is 30.0 Å². The van der Waals surface area contributed by atoms with Crippen LogP contribution in [0, 0.1) is 6.92 Å². The van der Waals surface area contributed by atoms with Crippen LogP contribution in [0.4, 0.5) is 0 Å². The summed E-state index contributed by atoms with van der Waals surface area (Å²) in [6.07, 6.45) is 0. The van der Waals surface area contributed by atoms with Gasteiger partial charge >= 0.3 is 0 Å². The van der Waals surface area contributed by atoms with Crippen LogP contribution in [0.2, 0.25) is 0 Å². The van der Waals surface area contributed by atoms with Crippen LogP contribution in [0.25, 0.3) is 5.69 Å². The van der Waals surface area contributed by atoms with E-state index in [1.807, 2.05) is 31.2 Å². The summed E-state index contributed by atoms with van der Waals surface area (Å²) in [5.41, 5.74) is 2.53. The molecule has 8 heteroatoms. The molecule has 1 aliphatic rings. The molecule has 0 saturated carbocycles. The number of benzene rings is 2. The van der Waals surface area contributed by atoms with Gasteiger partial charge in [-0.3, -0.25) is 4.79 Å². The molecule has 0 fully saturated rings. The van der Waals surface area contributed by atoms with E-state index in [9.17, 15) is 4.79 Å². The van der Waals surface area contributed by atoms with Gasteiger partial charge in [-0.15, -0.1) is 5.10 Å². The van der Waals surface area contributed by atoms with E-state index in [-0.39, 0.29) is 11.5 Å². The molecule has 4 rings (SSSR count). The number of aryl methyl sites for hydroxylation is 1. The summed E-state index contributed by atoms with van der Waals surface area (Å²) >= 11 is 1.30. The Balaban J connectivity index is 1.49. The molecule has 0 N–H and O–H groups in total. The highest BCUT2D eigenvalue weighted by molar-refractivity contribution is 7.99. The van der Waals surface area contributed by atoms with Crippen molar-refractivity contribution in [2.24, 2.45) is 0 Å². The Hall–Kier alpha value is -2.87. The van der Waals surface area contributed by atoms with Gasteiger partial charge < -0.3 is 9.47 Å². The van der Waals surface area contributed by atoms with Crippen LogP contribution in [0.5, 0.6) is 11.5 Å². The highest BCUT2D eigenvalue weighted by Gasteiger charge is 2.17. The summed E-state index contributed by atoms with van der Waals surface area (Å²) in [5.74, 6) is 1.48. The normalized spacial score (nSPS) is 12.8. The maximum absolute atomic E-state index is 12.5. The van der Waals surface area contributed by atoms with Crippen LogP contribution in [-0.2, 0) is 0 Å². The number of hydrogen-bond acceptors (Lipinski definition) is 7. The van der Waals surface area contributed by atoms with Gasteiger partial charge in [0, 0.05) is 5.56 Å². The number of ether oxygens (including phenoxy) is 2. The summed E-state index contributed by atoms with van der Waals surface area (Å²) in [6.45, 7) is 3.01.